The SMILES string of the molecule is CN[C@@H](Cc1ccc(F)c([N+](=O)[O-])c1)C(=O)OC. The minimum atomic E-state index is -0.900. The summed E-state index contributed by atoms with van der Waals surface area (Å²) in [5, 5.41) is 13.3. The van der Waals surface area contributed by atoms with Gasteiger partial charge in [-0.2, -0.15) is 4.39 Å². The summed E-state index contributed by atoms with van der Waals surface area (Å²) in [4.78, 5) is 21.1. The zero-order chi connectivity index (χ0) is 13.7. The lowest BCUT2D eigenvalue weighted by Crippen LogP contribution is -2.36. The minimum absolute atomic E-state index is 0.185. The Kier molecular flexibility index (Phi) is 4.73. The Morgan fingerprint density at radius 2 is 2.28 bits per heavy atom. The number of hydrogen-bond donors (Lipinski definition) is 1. The fourth-order valence-electron chi connectivity index (χ4n) is 1.51. The molecule has 98 valence electrons. The number of nitrogens with zero attached hydrogens (tertiary/aromatic N) is 1. The number of rotatable bonds is 5. The molecule has 0 unspecified atom stereocenters. The van der Waals surface area contributed by atoms with Gasteiger partial charge in [-0.05, 0) is 25.1 Å². The van der Waals surface area contributed by atoms with Crippen LogP contribution < -0.4 is 5.32 Å². The number of benzene rings is 1. The van der Waals surface area contributed by atoms with E-state index in [1.165, 1.54) is 13.2 Å². The first-order chi connectivity index (χ1) is 8.49. The molecule has 0 spiro atoms. The minimum Gasteiger partial charge on any atom is -0.468 e. The van der Waals surface area contributed by atoms with Crippen LogP contribution in [-0.2, 0) is 16.0 Å². The fourth-order valence-corrected chi connectivity index (χ4v) is 1.51. The third-order valence-corrected chi connectivity index (χ3v) is 2.48. The van der Waals surface area contributed by atoms with Crippen molar-refractivity contribution in [2.24, 2.45) is 0 Å². The highest BCUT2D eigenvalue weighted by Crippen LogP contribution is 2.19. The van der Waals surface area contributed by atoms with E-state index in [4.69, 9.17) is 0 Å². The number of halogens is 1. The van der Waals surface area contributed by atoms with Crippen LogP contribution in [0.15, 0.2) is 18.2 Å². The predicted molar refractivity (Wildman–Crippen MR) is 61.6 cm³/mol. The number of esters is 1. The Morgan fingerprint density at radius 1 is 1.61 bits per heavy atom. The Bertz CT molecular complexity index is 464. The number of nitro groups is 1. The van der Waals surface area contributed by atoms with Gasteiger partial charge in [0, 0.05) is 6.07 Å². The lowest BCUT2D eigenvalue weighted by molar-refractivity contribution is -0.387. The lowest BCUT2D eigenvalue weighted by atomic mass is 10.1. The van der Waals surface area contributed by atoms with Crippen LogP contribution in [0, 0.1) is 15.9 Å². The van der Waals surface area contributed by atoms with Gasteiger partial charge in [-0.15, -0.1) is 0 Å². The molecule has 0 saturated carbocycles. The van der Waals surface area contributed by atoms with Crippen molar-refractivity contribution < 1.29 is 18.8 Å². The van der Waals surface area contributed by atoms with E-state index in [1.807, 2.05) is 0 Å². The topological polar surface area (TPSA) is 81.5 Å². The third-order valence-electron chi connectivity index (χ3n) is 2.48. The molecule has 0 aliphatic rings. The second kappa shape index (κ2) is 6.06. The molecule has 1 aromatic rings. The van der Waals surface area contributed by atoms with Crippen molar-refractivity contribution in [1.82, 2.24) is 5.32 Å². The number of carbonyl (C=O) groups is 1. The van der Waals surface area contributed by atoms with Crippen molar-refractivity contribution in [2.45, 2.75) is 12.5 Å². The molecule has 0 aromatic heterocycles. The van der Waals surface area contributed by atoms with E-state index in [2.05, 4.69) is 10.1 Å². The molecule has 0 fully saturated rings. The maximum absolute atomic E-state index is 13.1. The van der Waals surface area contributed by atoms with Gasteiger partial charge in [0.25, 0.3) is 0 Å². The first-order valence-corrected chi connectivity index (χ1v) is 5.17. The maximum atomic E-state index is 13.1. The summed E-state index contributed by atoms with van der Waals surface area (Å²) in [5.41, 5.74) is -0.125. The lowest BCUT2D eigenvalue weighted by Gasteiger charge is -2.13. The Labute approximate surface area is 103 Å². The summed E-state index contributed by atoms with van der Waals surface area (Å²) < 4.78 is 17.7. The van der Waals surface area contributed by atoms with Crippen LogP contribution in [0.4, 0.5) is 10.1 Å². The van der Waals surface area contributed by atoms with Crippen LogP contribution in [0.5, 0.6) is 0 Å². The molecule has 18 heavy (non-hydrogen) atoms. The van der Waals surface area contributed by atoms with Gasteiger partial charge in [-0.25, -0.2) is 0 Å². The predicted octanol–water partition coefficient (Wildman–Crippen LogP) is 1.04. The Hall–Kier alpha value is -2.02. The second-order valence-electron chi connectivity index (χ2n) is 3.61. The van der Waals surface area contributed by atoms with E-state index in [0.29, 0.717) is 5.56 Å². The van der Waals surface area contributed by atoms with E-state index >= 15 is 0 Å². The van der Waals surface area contributed by atoms with Gasteiger partial charge in [0.2, 0.25) is 5.82 Å². The van der Waals surface area contributed by atoms with Gasteiger partial charge in [0.1, 0.15) is 6.04 Å². The van der Waals surface area contributed by atoms with Gasteiger partial charge >= 0.3 is 11.7 Å². The van der Waals surface area contributed by atoms with E-state index in [1.54, 1.807) is 7.05 Å². The van der Waals surface area contributed by atoms with Gasteiger partial charge in [-0.1, -0.05) is 6.07 Å². The molecule has 0 saturated heterocycles. The first kappa shape index (κ1) is 14.0. The van der Waals surface area contributed by atoms with Crippen molar-refractivity contribution in [3.8, 4) is 0 Å². The van der Waals surface area contributed by atoms with Crippen LogP contribution in [-0.4, -0.2) is 31.1 Å². The van der Waals surface area contributed by atoms with Crippen molar-refractivity contribution in [3.05, 3.63) is 39.7 Å². The number of methoxy groups -OCH3 is 1. The molecule has 1 aromatic carbocycles. The molecule has 0 heterocycles. The summed E-state index contributed by atoms with van der Waals surface area (Å²) in [6.45, 7) is 0. The molecule has 0 amide bonds. The molecule has 0 aliphatic carbocycles. The van der Waals surface area contributed by atoms with Crippen LogP contribution >= 0.6 is 0 Å². The number of hydrogen-bond acceptors (Lipinski definition) is 5. The Morgan fingerprint density at radius 3 is 2.78 bits per heavy atom. The van der Waals surface area contributed by atoms with E-state index in [-0.39, 0.29) is 6.42 Å². The van der Waals surface area contributed by atoms with Crippen molar-refractivity contribution >= 4 is 11.7 Å². The standard InChI is InChI=1S/C11H13FN2O4/c1-13-9(11(15)18-2)5-7-3-4-8(12)10(6-7)14(16)17/h3-4,6,9,13H,5H2,1-2H3/t9-/m0/s1. The number of likely N-dealkylation sites (N-methyl/N-ethyl adjacent to an activating group) is 1. The smallest absolute Gasteiger partial charge is 0.323 e. The van der Waals surface area contributed by atoms with E-state index in [9.17, 15) is 19.3 Å². The molecule has 6 nitrogen and oxygen atoms in total. The van der Waals surface area contributed by atoms with E-state index in [0.717, 1.165) is 12.1 Å². The molecule has 0 radical (unpaired) electrons. The summed E-state index contributed by atoms with van der Waals surface area (Å²) in [6, 6.07) is 2.90. The first-order valence-electron chi connectivity index (χ1n) is 5.17. The number of carbonyl (C=O) groups excluding carboxylic acids is 1. The van der Waals surface area contributed by atoms with Crippen molar-refractivity contribution in [2.75, 3.05) is 14.2 Å². The van der Waals surface area contributed by atoms with Crippen LogP contribution in [0.1, 0.15) is 5.56 Å². The number of nitrogens with one attached hydrogen (secondary N) is 1. The van der Waals surface area contributed by atoms with Gasteiger partial charge in [0.05, 0.1) is 12.0 Å². The van der Waals surface area contributed by atoms with Crippen LogP contribution in [0.2, 0.25) is 0 Å². The Balaban J connectivity index is 2.94. The molecule has 1 N–H and O–H groups in total. The zero-order valence-electron chi connectivity index (χ0n) is 9.97. The number of nitro benzene ring substituents is 1. The average molecular weight is 256 g/mol. The summed E-state index contributed by atoms with van der Waals surface area (Å²) in [7, 11) is 2.82. The quantitative estimate of drug-likeness (QED) is 0.483. The van der Waals surface area contributed by atoms with Gasteiger partial charge in [-0.3, -0.25) is 14.9 Å². The fraction of sp³-hybridized carbons (Fsp3) is 0.364. The molecular weight excluding hydrogens is 243 g/mol. The van der Waals surface area contributed by atoms with E-state index < -0.39 is 28.4 Å². The normalized spacial score (nSPS) is 11.9. The van der Waals surface area contributed by atoms with Crippen LogP contribution in [0.25, 0.3) is 0 Å². The molecule has 1 rings (SSSR count). The maximum Gasteiger partial charge on any atom is 0.323 e. The summed E-state index contributed by atoms with van der Waals surface area (Å²) in [5.74, 6) is -1.38. The largest absolute Gasteiger partial charge is 0.468 e. The second-order valence-corrected chi connectivity index (χ2v) is 3.61. The highest BCUT2D eigenvalue weighted by molar-refractivity contribution is 5.76. The zero-order valence-corrected chi connectivity index (χ0v) is 9.97. The molecule has 7 heteroatoms. The monoisotopic (exact) mass is 256 g/mol. The van der Waals surface area contributed by atoms with Crippen molar-refractivity contribution in [3.63, 3.8) is 0 Å². The van der Waals surface area contributed by atoms with Gasteiger partial charge < -0.3 is 10.1 Å². The average Bonchev–Trinajstić information content (AvgIpc) is 2.36. The molecular formula is C11H13FN2O4. The molecule has 0 aliphatic heterocycles. The van der Waals surface area contributed by atoms with Crippen LogP contribution in [0.3, 0.4) is 0 Å². The third kappa shape index (κ3) is 3.24. The molecule has 1 atom stereocenters. The highest BCUT2D eigenvalue weighted by Gasteiger charge is 2.20. The molecule has 0 bridgehead atoms. The summed E-state index contributed by atoms with van der Waals surface area (Å²) in [6.07, 6.45) is 0.185. The van der Waals surface area contributed by atoms with Crippen molar-refractivity contribution in [1.29, 1.82) is 0 Å². The highest BCUT2D eigenvalue weighted by atomic mass is 19.1. The van der Waals surface area contributed by atoms with Gasteiger partial charge in [0.15, 0.2) is 0 Å². The summed E-state index contributed by atoms with van der Waals surface area (Å²) >= 11 is 0. The number of ether oxygens (including phenoxy) is 1.